The summed E-state index contributed by atoms with van der Waals surface area (Å²) < 4.78 is 11.5. The summed E-state index contributed by atoms with van der Waals surface area (Å²) in [5.41, 5.74) is 0.740. The van der Waals surface area contributed by atoms with Crippen molar-refractivity contribution >= 4 is 29.2 Å². The zero-order chi connectivity index (χ0) is 21.8. The first-order valence-corrected chi connectivity index (χ1v) is 11.6. The summed E-state index contributed by atoms with van der Waals surface area (Å²) in [6.45, 7) is 2.52. The Hall–Kier alpha value is -3.26. The van der Waals surface area contributed by atoms with E-state index in [1.54, 1.807) is 30.4 Å². The van der Waals surface area contributed by atoms with Crippen LogP contribution in [0.3, 0.4) is 0 Å². The van der Waals surface area contributed by atoms with Gasteiger partial charge in [0, 0.05) is 47.4 Å². The maximum Gasteiger partial charge on any atom is 0.229 e. The number of hydrogen-bond acceptors (Lipinski definition) is 7. The molecule has 0 saturated carbocycles. The number of piperidine rings is 1. The molecule has 3 aromatic rings. The Morgan fingerprint density at radius 2 is 1.91 bits per heavy atom. The fourth-order valence-corrected chi connectivity index (χ4v) is 4.89. The minimum absolute atomic E-state index is 0.00480. The van der Waals surface area contributed by atoms with Crippen LogP contribution in [0.15, 0.2) is 70.8 Å². The van der Waals surface area contributed by atoms with E-state index in [1.807, 2.05) is 42.5 Å². The monoisotopic (exact) mass is 448 g/mol. The smallest absolute Gasteiger partial charge is 0.229 e. The van der Waals surface area contributed by atoms with Crippen LogP contribution in [0.1, 0.15) is 12.8 Å². The minimum atomic E-state index is -0.131. The molecule has 1 aromatic heterocycles. The lowest BCUT2D eigenvalue weighted by Gasteiger charge is -2.32. The standard InChI is InChI=1S/C24H24N4O3S/c29-24(17-5-4-10-28(16-17)23-15-25-8-9-26-23)27-19-13-20-21(31-12-11-30-20)14-22(19)32-18-6-2-1-3-7-18/h1-3,6-9,13-15,17H,4-5,10-12,16H2,(H,27,29). The van der Waals surface area contributed by atoms with E-state index in [4.69, 9.17) is 9.47 Å². The van der Waals surface area contributed by atoms with Gasteiger partial charge in [-0.1, -0.05) is 30.0 Å². The van der Waals surface area contributed by atoms with Crippen LogP contribution < -0.4 is 19.7 Å². The fourth-order valence-electron chi connectivity index (χ4n) is 3.96. The molecule has 0 bridgehead atoms. The SMILES string of the molecule is O=C(Nc1cc2c(cc1Sc1ccccc1)OCCO2)C1CCCN(c2cnccn2)C1. The molecular formula is C24H24N4O3S. The first-order chi connectivity index (χ1) is 15.8. The van der Waals surface area contributed by atoms with Crippen LogP contribution in [0, 0.1) is 5.92 Å². The number of anilines is 2. The van der Waals surface area contributed by atoms with Crippen LogP contribution in [0.5, 0.6) is 11.5 Å². The molecule has 8 heteroatoms. The lowest BCUT2D eigenvalue weighted by Crippen LogP contribution is -2.41. The van der Waals surface area contributed by atoms with Crippen molar-refractivity contribution in [2.45, 2.75) is 22.6 Å². The van der Waals surface area contributed by atoms with Crippen molar-refractivity contribution in [3.05, 3.63) is 61.1 Å². The van der Waals surface area contributed by atoms with Crippen LogP contribution in [0.2, 0.25) is 0 Å². The first-order valence-electron chi connectivity index (χ1n) is 10.7. The van der Waals surface area contributed by atoms with Crippen LogP contribution >= 0.6 is 11.8 Å². The Morgan fingerprint density at radius 1 is 1.09 bits per heavy atom. The first kappa shape index (κ1) is 20.6. The van der Waals surface area contributed by atoms with Gasteiger partial charge in [0.1, 0.15) is 19.0 Å². The summed E-state index contributed by atoms with van der Waals surface area (Å²) in [4.78, 5) is 26.0. The Balaban J connectivity index is 1.37. The third-order valence-electron chi connectivity index (χ3n) is 5.54. The fraction of sp³-hybridized carbons (Fsp3) is 0.292. The second kappa shape index (κ2) is 9.48. The number of hydrogen-bond donors (Lipinski definition) is 1. The number of carbonyl (C=O) groups is 1. The molecule has 7 nitrogen and oxygen atoms in total. The number of benzene rings is 2. The molecule has 0 spiro atoms. The molecule has 2 aliphatic rings. The number of nitrogens with one attached hydrogen (secondary N) is 1. The summed E-state index contributed by atoms with van der Waals surface area (Å²) >= 11 is 1.59. The topological polar surface area (TPSA) is 76.6 Å². The van der Waals surface area contributed by atoms with Crippen LogP contribution in [0.25, 0.3) is 0 Å². The molecular weight excluding hydrogens is 424 g/mol. The Bertz CT molecular complexity index is 1080. The summed E-state index contributed by atoms with van der Waals surface area (Å²) in [6, 6.07) is 13.9. The van der Waals surface area contributed by atoms with Gasteiger partial charge in [0.15, 0.2) is 11.5 Å². The van der Waals surface area contributed by atoms with Crippen molar-refractivity contribution < 1.29 is 14.3 Å². The van der Waals surface area contributed by atoms with E-state index in [0.29, 0.717) is 31.3 Å². The molecule has 1 fully saturated rings. The lowest BCUT2D eigenvalue weighted by molar-refractivity contribution is -0.120. The van der Waals surface area contributed by atoms with Gasteiger partial charge in [-0.05, 0) is 25.0 Å². The zero-order valence-electron chi connectivity index (χ0n) is 17.6. The summed E-state index contributed by atoms with van der Waals surface area (Å²) in [6.07, 6.45) is 6.86. The van der Waals surface area contributed by atoms with E-state index in [2.05, 4.69) is 20.2 Å². The molecule has 1 unspecified atom stereocenters. The van der Waals surface area contributed by atoms with Crippen molar-refractivity contribution in [1.82, 2.24) is 9.97 Å². The average Bonchev–Trinajstić information content (AvgIpc) is 2.85. The maximum atomic E-state index is 13.3. The summed E-state index contributed by atoms with van der Waals surface area (Å²) in [5, 5.41) is 3.16. The molecule has 1 saturated heterocycles. The van der Waals surface area contributed by atoms with Gasteiger partial charge in [-0.2, -0.15) is 0 Å². The lowest BCUT2D eigenvalue weighted by atomic mass is 9.97. The normalized spacial score (nSPS) is 17.6. The molecule has 0 aliphatic carbocycles. The van der Waals surface area contributed by atoms with E-state index in [9.17, 15) is 4.79 Å². The number of ether oxygens (including phenoxy) is 2. The predicted molar refractivity (Wildman–Crippen MR) is 124 cm³/mol. The van der Waals surface area contributed by atoms with E-state index in [1.165, 1.54) is 0 Å². The van der Waals surface area contributed by atoms with Crippen LogP contribution in [-0.4, -0.2) is 42.2 Å². The Morgan fingerprint density at radius 3 is 2.69 bits per heavy atom. The molecule has 2 aromatic carbocycles. The van der Waals surface area contributed by atoms with Gasteiger partial charge in [0.2, 0.25) is 5.91 Å². The molecule has 3 heterocycles. The number of aromatic nitrogens is 2. The average molecular weight is 449 g/mol. The van der Waals surface area contributed by atoms with Crippen molar-refractivity contribution in [2.24, 2.45) is 5.92 Å². The van der Waals surface area contributed by atoms with Crippen molar-refractivity contribution in [3.8, 4) is 11.5 Å². The molecule has 1 amide bonds. The van der Waals surface area contributed by atoms with E-state index < -0.39 is 0 Å². The van der Waals surface area contributed by atoms with Crippen LogP contribution in [0.4, 0.5) is 11.5 Å². The zero-order valence-corrected chi connectivity index (χ0v) is 18.4. The number of nitrogens with zero attached hydrogens (tertiary/aromatic N) is 3. The molecule has 2 aliphatic heterocycles. The maximum absolute atomic E-state index is 13.3. The highest BCUT2D eigenvalue weighted by Gasteiger charge is 2.28. The van der Waals surface area contributed by atoms with Gasteiger partial charge >= 0.3 is 0 Å². The van der Waals surface area contributed by atoms with Crippen molar-refractivity contribution in [2.75, 3.05) is 36.5 Å². The predicted octanol–water partition coefficient (Wildman–Crippen LogP) is 4.25. The van der Waals surface area contributed by atoms with Crippen LogP contribution in [-0.2, 0) is 4.79 Å². The van der Waals surface area contributed by atoms with Gasteiger partial charge in [-0.15, -0.1) is 0 Å². The van der Waals surface area contributed by atoms with Gasteiger partial charge in [-0.25, -0.2) is 4.98 Å². The number of fused-ring (bicyclic) bond motifs is 1. The Kier molecular flexibility index (Phi) is 6.11. The highest BCUT2D eigenvalue weighted by Crippen LogP contribution is 2.42. The number of rotatable bonds is 5. The molecule has 1 N–H and O–H groups in total. The third-order valence-corrected chi connectivity index (χ3v) is 6.60. The second-order valence-electron chi connectivity index (χ2n) is 7.75. The van der Waals surface area contributed by atoms with Crippen molar-refractivity contribution in [3.63, 3.8) is 0 Å². The number of amides is 1. The van der Waals surface area contributed by atoms with Gasteiger partial charge < -0.3 is 19.7 Å². The number of carbonyl (C=O) groups excluding carboxylic acids is 1. The molecule has 0 radical (unpaired) electrons. The molecule has 5 rings (SSSR count). The quantitative estimate of drug-likeness (QED) is 0.625. The van der Waals surface area contributed by atoms with E-state index >= 15 is 0 Å². The molecule has 1 atom stereocenters. The highest BCUT2D eigenvalue weighted by atomic mass is 32.2. The molecule has 32 heavy (non-hydrogen) atoms. The van der Waals surface area contributed by atoms with Gasteiger partial charge in [0.25, 0.3) is 0 Å². The van der Waals surface area contributed by atoms with E-state index in [0.717, 1.165) is 40.7 Å². The molecule has 164 valence electrons. The van der Waals surface area contributed by atoms with Gasteiger partial charge in [-0.3, -0.25) is 9.78 Å². The summed E-state index contributed by atoms with van der Waals surface area (Å²) in [5.74, 6) is 2.05. The highest BCUT2D eigenvalue weighted by molar-refractivity contribution is 7.99. The summed E-state index contributed by atoms with van der Waals surface area (Å²) in [7, 11) is 0. The Labute approximate surface area is 191 Å². The minimum Gasteiger partial charge on any atom is -0.486 e. The largest absolute Gasteiger partial charge is 0.486 e. The second-order valence-corrected chi connectivity index (χ2v) is 8.86. The van der Waals surface area contributed by atoms with E-state index in [-0.39, 0.29) is 11.8 Å². The van der Waals surface area contributed by atoms with Crippen molar-refractivity contribution in [1.29, 1.82) is 0 Å². The van der Waals surface area contributed by atoms with Gasteiger partial charge in [0.05, 0.1) is 17.8 Å². The third kappa shape index (κ3) is 4.65.